The van der Waals surface area contributed by atoms with Gasteiger partial charge in [0.1, 0.15) is 11.7 Å². The van der Waals surface area contributed by atoms with Crippen molar-refractivity contribution in [2.45, 2.75) is 32.4 Å². The molecule has 1 unspecified atom stereocenters. The predicted molar refractivity (Wildman–Crippen MR) is 104 cm³/mol. The van der Waals surface area contributed by atoms with E-state index in [1.54, 1.807) is 27.7 Å². The molecule has 152 valence electrons. The summed E-state index contributed by atoms with van der Waals surface area (Å²) in [6.45, 7) is 2.28. The maximum absolute atomic E-state index is 12.8. The molecule has 1 fully saturated rings. The first kappa shape index (κ1) is 18.2. The van der Waals surface area contributed by atoms with E-state index in [0.717, 1.165) is 22.5 Å². The van der Waals surface area contributed by atoms with Gasteiger partial charge in [0.2, 0.25) is 11.8 Å². The van der Waals surface area contributed by atoms with Crippen molar-refractivity contribution in [1.82, 2.24) is 35.0 Å². The summed E-state index contributed by atoms with van der Waals surface area (Å²) in [5, 5.41) is 15.0. The summed E-state index contributed by atoms with van der Waals surface area (Å²) in [7, 11) is 1.87. The van der Waals surface area contributed by atoms with Gasteiger partial charge in [0.25, 0.3) is 5.91 Å². The number of hydrogen-bond acceptors (Lipinski definition) is 6. The molecule has 1 atom stereocenters. The Bertz CT molecular complexity index is 1210. The average Bonchev–Trinajstić information content (AvgIpc) is 3.41. The van der Waals surface area contributed by atoms with Gasteiger partial charge in [-0.25, -0.2) is 4.68 Å². The van der Waals surface area contributed by atoms with Gasteiger partial charge in [-0.05, 0) is 37.1 Å². The highest BCUT2D eigenvalue weighted by molar-refractivity contribution is 6.05. The molecule has 5 rings (SSSR count). The van der Waals surface area contributed by atoms with E-state index in [2.05, 4.69) is 20.7 Å². The predicted octanol–water partition coefficient (Wildman–Crippen LogP) is 0.737. The molecule has 4 heterocycles. The van der Waals surface area contributed by atoms with E-state index in [9.17, 15) is 14.4 Å². The van der Waals surface area contributed by atoms with E-state index >= 15 is 0 Å². The smallest absolute Gasteiger partial charge is 0.255 e. The van der Waals surface area contributed by atoms with E-state index < -0.39 is 11.9 Å². The van der Waals surface area contributed by atoms with Gasteiger partial charge in [0.15, 0.2) is 0 Å². The summed E-state index contributed by atoms with van der Waals surface area (Å²) < 4.78 is 3.43. The number of piperidine rings is 1. The minimum atomic E-state index is -0.627. The molecule has 1 N–H and O–H groups in total. The molecule has 1 aromatic carbocycles. The molecule has 3 aromatic rings. The molecule has 2 aliphatic rings. The van der Waals surface area contributed by atoms with Crippen molar-refractivity contribution in [2.75, 3.05) is 0 Å². The van der Waals surface area contributed by atoms with E-state index in [1.807, 2.05) is 26.2 Å². The average molecular weight is 405 g/mol. The van der Waals surface area contributed by atoms with Crippen LogP contribution in [0.5, 0.6) is 0 Å². The topological polar surface area (TPSA) is 115 Å². The first-order valence-electron chi connectivity index (χ1n) is 9.61. The Kier molecular flexibility index (Phi) is 4.02. The van der Waals surface area contributed by atoms with E-state index in [1.165, 1.54) is 4.90 Å². The molecule has 0 spiro atoms. The van der Waals surface area contributed by atoms with Gasteiger partial charge in [-0.2, -0.15) is 5.10 Å². The molecule has 3 amide bonds. The van der Waals surface area contributed by atoms with Crippen molar-refractivity contribution in [2.24, 2.45) is 7.05 Å². The molecule has 1 saturated heterocycles. The van der Waals surface area contributed by atoms with Gasteiger partial charge < -0.3 is 4.90 Å². The summed E-state index contributed by atoms with van der Waals surface area (Å²) >= 11 is 0. The Balaban J connectivity index is 1.42. The Hall–Kier alpha value is -3.82. The van der Waals surface area contributed by atoms with Crippen molar-refractivity contribution in [3.8, 4) is 16.9 Å². The fraction of sp³-hybridized carbons (Fsp3) is 0.300. The Labute approximate surface area is 171 Å². The first-order valence-corrected chi connectivity index (χ1v) is 9.61. The number of carbonyl (C=O) groups is 3. The van der Waals surface area contributed by atoms with Crippen LogP contribution in [0, 0.1) is 6.92 Å². The molecule has 0 bridgehead atoms. The van der Waals surface area contributed by atoms with Crippen LogP contribution in [0.1, 0.15) is 34.5 Å². The molecular weight excluding hydrogens is 386 g/mol. The maximum atomic E-state index is 12.8. The number of benzene rings is 1. The lowest BCUT2D eigenvalue weighted by Crippen LogP contribution is -2.52. The number of aromatic nitrogens is 5. The van der Waals surface area contributed by atoms with E-state index in [-0.39, 0.29) is 18.2 Å². The third-order valence-electron chi connectivity index (χ3n) is 5.78. The third-order valence-corrected chi connectivity index (χ3v) is 5.78. The van der Waals surface area contributed by atoms with Crippen molar-refractivity contribution in [1.29, 1.82) is 0 Å². The Morgan fingerprint density at radius 3 is 2.73 bits per heavy atom. The quantitative estimate of drug-likeness (QED) is 0.643. The number of rotatable bonds is 3. The zero-order valence-corrected chi connectivity index (χ0v) is 16.5. The molecule has 10 heteroatoms. The van der Waals surface area contributed by atoms with Gasteiger partial charge in [-0.1, -0.05) is 5.21 Å². The second-order valence-corrected chi connectivity index (χ2v) is 7.56. The summed E-state index contributed by atoms with van der Waals surface area (Å²) in [6, 6.07) is 4.81. The number of aryl methyl sites for hydroxylation is 1. The van der Waals surface area contributed by atoms with Crippen LogP contribution in [0.15, 0.2) is 30.6 Å². The highest BCUT2D eigenvalue weighted by atomic mass is 16.2. The zero-order valence-electron chi connectivity index (χ0n) is 16.5. The summed E-state index contributed by atoms with van der Waals surface area (Å²) in [5.41, 5.74) is 4.75. The standard InChI is InChI=1S/C20H19N7O3/c1-11-15(8-21-25(11)2)16-10-27(24-23-16)13-3-4-14-12(7-13)9-26(20(14)30)17-5-6-18(28)22-19(17)29/h3-4,7-8,10,17H,5-6,9H2,1-2H3,(H,22,28,29). The second-order valence-electron chi connectivity index (χ2n) is 7.56. The van der Waals surface area contributed by atoms with Crippen LogP contribution in [0.2, 0.25) is 0 Å². The highest BCUT2D eigenvalue weighted by Gasteiger charge is 2.39. The fourth-order valence-electron chi connectivity index (χ4n) is 3.97. The fourth-order valence-corrected chi connectivity index (χ4v) is 3.97. The summed E-state index contributed by atoms with van der Waals surface area (Å²) in [5.74, 6) is -0.912. The van der Waals surface area contributed by atoms with Crippen molar-refractivity contribution in [3.63, 3.8) is 0 Å². The molecule has 2 aromatic heterocycles. The number of fused-ring (bicyclic) bond motifs is 1. The van der Waals surface area contributed by atoms with Crippen LogP contribution in [0.25, 0.3) is 16.9 Å². The van der Waals surface area contributed by atoms with E-state index in [0.29, 0.717) is 24.2 Å². The molecule has 30 heavy (non-hydrogen) atoms. The minimum absolute atomic E-state index is 0.198. The van der Waals surface area contributed by atoms with Gasteiger partial charge in [-0.3, -0.25) is 24.4 Å². The number of imide groups is 1. The van der Waals surface area contributed by atoms with Crippen molar-refractivity contribution >= 4 is 17.7 Å². The molecule has 0 radical (unpaired) electrons. The lowest BCUT2D eigenvalue weighted by Gasteiger charge is -2.29. The molecule has 10 nitrogen and oxygen atoms in total. The van der Waals surface area contributed by atoms with Gasteiger partial charge in [-0.15, -0.1) is 5.10 Å². The van der Waals surface area contributed by atoms with Gasteiger partial charge >= 0.3 is 0 Å². The number of hydrogen-bond donors (Lipinski definition) is 1. The molecule has 0 aliphatic carbocycles. The van der Waals surface area contributed by atoms with Crippen LogP contribution >= 0.6 is 0 Å². The summed E-state index contributed by atoms with van der Waals surface area (Å²) in [4.78, 5) is 37.9. The first-order chi connectivity index (χ1) is 14.4. The van der Waals surface area contributed by atoms with Gasteiger partial charge in [0.05, 0.1) is 18.1 Å². The van der Waals surface area contributed by atoms with E-state index in [4.69, 9.17) is 0 Å². The van der Waals surface area contributed by atoms with Gasteiger partial charge in [0, 0.05) is 36.8 Å². The van der Waals surface area contributed by atoms with Crippen molar-refractivity contribution < 1.29 is 14.4 Å². The normalized spacial score (nSPS) is 18.7. The molecular formula is C20H19N7O3. The number of nitrogens with zero attached hydrogens (tertiary/aromatic N) is 6. The van der Waals surface area contributed by atoms with Crippen LogP contribution in [-0.4, -0.2) is 53.4 Å². The Morgan fingerprint density at radius 1 is 1.17 bits per heavy atom. The number of amides is 3. The number of nitrogens with one attached hydrogen (secondary N) is 1. The molecule has 0 saturated carbocycles. The number of carbonyl (C=O) groups excluding carboxylic acids is 3. The van der Waals surface area contributed by atoms with Crippen LogP contribution in [-0.2, 0) is 23.2 Å². The zero-order chi connectivity index (χ0) is 21.0. The lowest BCUT2D eigenvalue weighted by atomic mass is 10.0. The largest absolute Gasteiger partial charge is 0.322 e. The Morgan fingerprint density at radius 2 is 2.00 bits per heavy atom. The van der Waals surface area contributed by atoms with Crippen LogP contribution in [0.3, 0.4) is 0 Å². The second kappa shape index (κ2) is 6.61. The van der Waals surface area contributed by atoms with Crippen LogP contribution < -0.4 is 5.32 Å². The third kappa shape index (κ3) is 2.79. The molecule has 2 aliphatic heterocycles. The maximum Gasteiger partial charge on any atom is 0.255 e. The highest BCUT2D eigenvalue weighted by Crippen LogP contribution is 2.29. The monoisotopic (exact) mass is 405 g/mol. The van der Waals surface area contributed by atoms with Crippen molar-refractivity contribution in [3.05, 3.63) is 47.4 Å². The minimum Gasteiger partial charge on any atom is -0.322 e. The lowest BCUT2D eigenvalue weighted by molar-refractivity contribution is -0.136. The summed E-state index contributed by atoms with van der Waals surface area (Å²) in [6.07, 6.45) is 4.15. The SMILES string of the molecule is Cc1c(-c2cn(-c3ccc4c(c3)CN(C3CCC(=O)NC3=O)C4=O)nn2)cnn1C. The van der Waals surface area contributed by atoms with Crippen LogP contribution in [0.4, 0.5) is 0 Å².